The number of ketones is 1. The Morgan fingerprint density at radius 2 is 1.03 bits per heavy atom. The molecule has 5 nitrogen and oxygen atoms in total. The fraction of sp³-hybridized carbons (Fsp3) is 0.480. The van der Waals surface area contributed by atoms with Crippen LogP contribution in [0.1, 0.15) is 43.6 Å². The number of hydrogen-bond donors (Lipinski definition) is 0. The Morgan fingerprint density at radius 1 is 0.633 bits per heavy atom. The van der Waals surface area contributed by atoms with Crippen molar-refractivity contribution in [2.75, 3.05) is 52.5 Å². The van der Waals surface area contributed by atoms with E-state index in [1.54, 1.807) is 0 Å². The van der Waals surface area contributed by atoms with Crippen LogP contribution in [0.5, 0.6) is 11.5 Å². The molecule has 30 heavy (non-hydrogen) atoms. The molecule has 1 aliphatic rings. The second-order valence-corrected chi connectivity index (χ2v) is 7.49. The van der Waals surface area contributed by atoms with Crippen molar-refractivity contribution < 1.29 is 14.3 Å². The predicted octanol–water partition coefficient (Wildman–Crippen LogP) is 4.34. The number of fused-ring (bicyclic) bond motifs is 3. The highest BCUT2D eigenvalue weighted by Crippen LogP contribution is 2.40. The maximum Gasteiger partial charge on any atom is 0.194 e. The second kappa shape index (κ2) is 10.6. The maximum atomic E-state index is 12.8. The zero-order valence-electron chi connectivity index (χ0n) is 18.7. The first-order valence-corrected chi connectivity index (χ1v) is 11.1. The number of nitrogens with zero attached hydrogens (tertiary/aromatic N) is 2. The van der Waals surface area contributed by atoms with Gasteiger partial charge in [-0.3, -0.25) is 4.79 Å². The summed E-state index contributed by atoms with van der Waals surface area (Å²) in [4.78, 5) is 17.4. The molecule has 0 bridgehead atoms. The van der Waals surface area contributed by atoms with E-state index in [1.165, 1.54) is 0 Å². The number of hydrogen-bond acceptors (Lipinski definition) is 5. The molecule has 0 heterocycles. The van der Waals surface area contributed by atoms with E-state index in [0.717, 1.165) is 73.0 Å². The van der Waals surface area contributed by atoms with Crippen LogP contribution in [-0.4, -0.2) is 68.1 Å². The second-order valence-electron chi connectivity index (χ2n) is 7.49. The minimum Gasteiger partial charge on any atom is -0.492 e. The van der Waals surface area contributed by atoms with Gasteiger partial charge in [-0.15, -0.1) is 0 Å². The smallest absolute Gasteiger partial charge is 0.194 e. The third-order valence-electron chi connectivity index (χ3n) is 5.90. The van der Waals surface area contributed by atoms with Crippen LogP contribution in [0.25, 0.3) is 11.1 Å². The fourth-order valence-electron chi connectivity index (χ4n) is 3.88. The van der Waals surface area contributed by atoms with E-state index >= 15 is 0 Å². The number of benzene rings is 2. The molecule has 1 aliphatic carbocycles. The van der Waals surface area contributed by atoms with Gasteiger partial charge in [-0.25, -0.2) is 0 Å². The average Bonchev–Trinajstić information content (AvgIpc) is 3.05. The summed E-state index contributed by atoms with van der Waals surface area (Å²) in [6, 6.07) is 11.5. The van der Waals surface area contributed by atoms with Crippen LogP contribution in [0.3, 0.4) is 0 Å². The molecule has 0 atom stereocenters. The Morgan fingerprint density at radius 3 is 1.40 bits per heavy atom. The van der Waals surface area contributed by atoms with Crippen LogP contribution >= 0.6 is 0 Å². The van der Waals surface area contributed by atoms with Crippen LogP contribution < -0.4 is 9.47 Å². The molecule has 2 aromatic rings. The van der Waals surface area contributed by atoms with Crippen molar-refractivity contribution in [3.63, 3.8) is 0 Å². The molecule has 0 fully saturated rings. The minimum atomic E-state index is 0.0735. The molecule has 0 aliphatic heterocycles. The van der Waals surface area contributed by atoms with Crippen molar-refractivity contribution in [2.24, 2.45) is 0 Å². The zero-order chi connectivity index (χ0) is 21.5. The highest BCUT2D eigenvalue weighted by Gasteiger charge is 2.27. The first-order chi connectivity index (χ1) is 14.6. The molecule has 0 saturated carbocycles. The van der Waals surface area contributed by atoms with E-state index in [2.05, 4.69) is 37.5 Å². The van der Waals surface area contributed by atoms with Crippen LogP contribution in [0, 0.1) is 0 Å². The normalized spacial score (nSPS) is 12.4. The Kier molecular flexibility index (Phi) is 7.88. The molecule has 5 heteroatoms. The van der Waals surface area contributed by atoms with Crippen molar-refractivity contribution in [2.45, 2.75) is 27.7 Å². The van der Waals surface area contributed by atoms with Crippen molar-refractivity contribution in [3.05, 3.63) is 47.5 Å². The molecule has 0 radical (unpaired) electrons. The van der Waals surface area contributed by atoms with Gasteiger partial charge < -0.3 is 19.3 Å². The lowest BCUT2D eigenvalue weighted by molar-refractivity contribution is 0.104. The van der Waals surface area contributed by atoms with Crippen LogP contribution in [-0.2, 0) is 0 Å². The van der Waals surface area contributed by atoms with Crippen molar-refractivity contribution in [3.8, 4) is 22.6 Å². The Bertz CT molecular complexity index is 788. The molecule has 0 unspecified atom stereocenters. The van der Waals surface area contributed by atoms with Gasteiger partial charge in [-0.1, -0.05) is 27.7 Å². The van der Waals surface area contributed by atoms with Gasteiger partial charge in [-0.05, 0) is 73.7 Å². The van der Waals surface area contributed by atoms with E-state index in [1.807, 2.05) is 36.4 Å². The monoisotopic (exact) mass is 410 g/mol. The zero-order valence-corrected chi connectivity index (χ0v) is 18.7. The molecule has 2 aromatic carbocycles. The third kappa shape index (κ3) is 5.02. The van der Waals surface area contributed by atoms with Crippen LogP contribution in [0.2, 0.25) is 0 Å². The van der Waals surface area contributed by atoms with Crippen molar-refractivity contribution in [1.29, 1.82) is 0 Å². The standard InChI is InChI=1S/C25H34N2O3/c1-5-26(6-2)13-15-29-19-9-11-21-23(17-19)24-18-20(10-12-22(24)25(21)28)30-16-14-27(7-3)8-4/h9-12,17-18H,5-8,13-16H2,1-4H3. The quantitative estimate of drug-likeness (QED) is 0.444. The Labute approximate surface area is 180 Å². The van der Waals surface area contributed by atoms with Gasteiger partial charge in [0, 0.05) is 24.2 Å². The Balaban J connectivity index is 1.71. The van der Waals surface area contributed by atoms with E-state index in [0.29, 0.717) is 13.2 Å². The number of likely N-dealkylation sites (N-methyl/N-ethyl adjacent to an activating group) is 2. The molecule has 0 N–H and O–H groups in total. The van der Waals surface area contributed by atoms with Gasteiger partial charge >= 0.3 is 0 Å². The molecule has 162 valence electrons. The van der Waals surface area contributed by atoms with Gasteiger partial charge in [0.2, 0.25) is 0 Å². The van der Waals surface area contributed by atoms with Crippen LogP contribution in [0.4, 0.5) is 0 Å². The number of rotatable bonds is 12. The minimum absolute atomic E-state index is 0.0735. The lowest BCUT2D eigenvalue weighted by atomic mass is 10.1. The summed E-state index contributed by atoms with van der Waals surface area (Å²) in [5.74, 6) is 1.67. The SMILES string of the molecule is CCN(CC)CCOc1ccc2c(c1)-c1cc(OCCN(CC)CC)ccc1C2=O. The fourth-order valence-corrected chi connectivity index (χ4v) is 3.88. The number of carbonyl (C=O) groups excluding carboxylic acids is 1. The van der Waals surface area contributed by atoms with Crippen molar-refractivity contribution in [1.82, 2.24) is 9.80 Å². The summed E-state index contributed by atoms with van der Waals surface area (Å²) < 4.78 is 11.9. The van der Waals surface area contributed by atoms with E-state index < -0.39 is 0 Å². The van der Waals surface area contributed by atoms with E-state index in [4.69, 9.17) is 9.47 Å². The average molecular weight is 411 g/mol. The van der Waals surface area contributed by atoms with Crippen LogP contribution in [0.15, 0.2) is 36.4 Å². The molecular weight excluding hydrogens is 376 g/mol. The number of ether oxygens (including phenoxy) is 2. The third-order valence-corrected chi connectivity index (χ3v) is 5.90. The van der Waals surface area contributed by atoms with Gasteiger partial charge in [-0.2, -0.15) is 0 Å². The summed E-state index contributed by atoms with van der Waals surface area (Å²) in [6.45, 7) is 15.7. The maximum absolute atomic E-state index is 12.8. The summed E-state index contributed by atoms with van der Waals surface area (Å²) in [6.07, 6.45) is 0. The summed E-state index contributed by atoms with van der Waals surface area (Å²) in [5, 5.41) is 0. The van der Waals surface area contributed by atoms with Crippen molar-refractivity contribution >= 4 is 5.78 Å². The first-order valence-electron chi connectivity index (χ1n) is 11.1. The first kappa shape index (κ1) is 22.3. The molecule has 3 rings (SSSR count). The molecular formula is C25H34N2O3. The van der Waals surface area contributed by atoms with Gasteiger partial charge in [0.25, 0.3) is 0 Å². The van der Waals surface area contributed by atoms with Gasteiger partial charge in [0.05, 0.1) is 0 Å². The topological polar surface area (TPSA) is 42.0 Å². The summed E-state index contributed by atoms with van der Waals surface area (Å²) in [7, 11) is 0. The highest BCUT2D eigenvalue weighted by molar-refractivity contribution is 6.21. The Hall–Kier alpha value is -2.37. The molecule has 0 spiro atoms. The molecule has 0 aromatic heterocycles. The summed E-state index contributed by atoms with van der Waals surface area (Å²) in [5.41, 5.74) is 3.34. The molecule has 0 amide bonds. The highest BCUT2D eigenvalue weighted by atomic mass is 16.5. The largest absolute Gasteiger partial charge is 0.492 e. The van der Waals surface area contributed by atoms with Gasteiger partial charge in [0.15, 0.2) is 5.78 Å². The lowest BCUT2D eigenvalue weighted by Crippen LogP contribution is -2.27. The van der Waals surface area contributed by atoms with E-state index in [-0.39, 0.29) is 5.78 Å². The molecule has 0 saturated heterocycles. The van der Waals surface area contributed by atoms with E-state index in [9.17, 15) is 4.79 Å². The number of carbonyl (C=O) groups is 1. The predicted molar refractivity (Wildman–Crippen MR) is 122 cm³/mol. The lowest BCUT2D eigenvalue weighted by Gasteiger charge is -2.18. The van der Waals surface area contributed by atoms with Gasteiger partial charge in [0.1, 0.15) is 24.7 Å². The summed E-state index contributed by atoms with van der Waals surface area (Å²) >= 11 is 0.